The number of benzene rings is 1. The third-order valence-corrected chi connectivity index (χ3v) is 3.06. The first-order chi connectivity index (χ1) is 10.9. The van der Waals surface area contributed by atoms with Gasteiger partial charge in [0.1, 0.15) is 5.82 Å². The van der Waals surface area contributed by atoms with Gasteiger partial charge in [-0.3, -0.25) is 9.79 Å². The highest BCUT2D eigenvalue weighted by Crippen LogP contribution is 2.06. The highest BCUT2D eigenvalue weighted by molar-refractivity contribution is 5.80. The molecule has 128 valence electrons. The van der Waals surface area contributed by atoms with Gasteiger partial charge in [0.2, 0.25) is 5.91 Å². The Balaban J connectivity index is 2.61. The molecule has 2 N–H and O–H groups in total. The topological polar surface area (TPSA) is 56.7 Å². The third-order valence-electron chi connectivity index (χ3n) is 3.06. The number of rotatable bonds is 7. The van der Waals surface area contributed by atoms with Gasteiger partial charge in [-0.2, -0.15) is 0 Å². The lowest BCUT2D eigenvalue weighted by Crippen LogP contribution is -2.39. The summed E-state index contributed by atoms with van der Waals surface area (Å²) >= 11 is 0. The smallest absolute Gasteiger partial charge is 0.222 e. The maximum absolute atomic E-state index is 13.3. The van der Waals surface area contributed by atoms with Gasteiger partial charge in [0.05, 0.1) is 6.54 Å². The van der Waals surface area contributed by atoms with Gasteiger partial charge < -0.3 is 15.5 Å². The van der Waals surface area contributed by atoms with Crippen LogP contribution < -0.4 is 10.6 Å². The Labute approximate surface area is 138 Å². The van der Waals surface area contributed by atoms with Crippen LogP contribution in [0.1, 0.15) is 32.8 Å². The maximum atomic E-state index is 13.3. The number of amides is 1. The minimum absolute atomic E-state index is 0.00705. The molecule has 1 rings (SSSR count). The van der Waals surface area contributed by atoms with Crippen LogP contribution in [0, 0.1) is 5.82 Å². The van der Waals surface area contributed by atoms with Crippen molar-refractivity contribution in [3.05, 3.63) is 35.6 Å². The van der Waals surface area contributed by atoms with E-state index in [9.17, 15) is 9.18 Å². The van der Waals surface area contributed by atoms with Gasteiger partial charge in [0.15, 0.2) is 5.96 Å². The highest BCUT2D eigenvalue weighted by atomic mass is 19.1. The number of nitrogens with one attached hydrogen (secondary N) is 2. The van der Waals surface area contributed by atoms with Crippen LogP contribution in [0.2, 0.25) is 0 Å². The van der Waals surface area contributed by atoms with E-state index in [0.29, 0.717) is 25.5 Å². The van der Waals surface area contributed by atoms with Crippen molar-refractivity contribution < 1.29 is 9.18 Å². The average Bonchev–Trinajstić information content (AvgIpc) is 2.45. The molecule has 5 nitrogen and oxygen atoms in total. The summed E-state index contributed by atoms with van der Waals surface area (Å²) in [5.74, 6) is 0.449. The molecule has 0 atom stereocenters. The number of hydrogen-bond acceptors (Lipinski definition) is 2. The molecule has 0 aliphatic heterocycles. The van der Waals surface area contributed by atoms with E-state index >= 15 is 0 Å². The molecule has 1 aromatic rings. The van der Waals surface area contributed by atoms with E-state index in [1.54, 1.807) is 6.07 Å². The molecule has 0 saturated carbocycles. The average molecular weight is 322 g/mol. The number of aliphatic imine (C=N–C) groups is 1. The molecule has 0 aromatic heterocycles. The van der Waals surface area contributed by atoms with Crippen LogP contribution in [0.5, 0.6) is 0 Å². The van der Waals surface area contributed by atoms with Crippen LogP contribution >= 0.6 is 0 Å². The molecule has 0 heterocycles. The van der Waals surface area contributed by atoms with Crippen molar-refractivity contribution >= 4 is 11.9 Å². The summed E-state index contributed by atoms with van der Waals surface area (Å²) < 4.78 is 13.3. The van der Waals surface area contributed by atoms with Crippen LogP contribution in [0.3, 0.4) is 0 Å². The molecule has 6 heteroatoms. The molecule has 0 aliphatic carbocycles. The summed E-state index contributed by atoms with van der Waals surface area (Å²) in [6.45, 7) is 7.52. The molecule has 0 fully saturated rings. The van der Waals surface area contributed by atoms with Gasteiger partial charge >= 0.3 is 0 Å². The maximum Gasteiger partial charge on any atom is 0.222 e. The Morgan fingerprint density at radius 2 is 2.13 bits per heavy atom. The summed E-state index contributed by atoms with van der Waals surface area (Å²) in [6.07, 6.45) is 0.348. The summed E-state index contributed by atoms with van der Waals surface area (Å²) in [5.41, 5.74) is 0.871. The first kappa shape index (κ1) is 18.9. The molecular formula is C17H27FN4O. The summed E-state index contributed by atoms with van der Waals surface area (Å²) in [4.78, 5) is 18.0. The summed E-state index contributed by atoms with van der Waals surface area (Å²) in [7, 11) is 1.89. The second-order valence-corrected chi connectivity index (χ2v) is 5.69. The standard InChI is InChI=1S/C17H27FN4O/c1-5-19-17(20-10-9-16(23)21-13(2)3)22(4)12-14-7-6-8-15(18)11-14/h6-8,11,13H,5,9-10,12H2,1-4H3,(H,19,20)(H,21,23). The summed E-state index contributed by atoms with van der Waals surface area (Å²) in [6, 6.07) is 6.64. The number of carbonyl (C=O) groups excluding carboxylic acids is 1. The molecule has 0 radical (unpaired) electrons. The van der Waals surface area contributed by atoms with E-state index in [0.717, 1.165) is 12.1 Å². The molecule has 0 spiro atoms. The molecule has 0 bridgehead atoms. The van der Waals surface area contributed by atoms with Crippen LogP contribution in [0.4, 0.5) is 4.39 Å². The molecule has 1 amide bonds. The molecule has 23 heavy (non-hydrogen) atoms. The van der Waals surface area contributed by atoms with Gasteiger partial charge in [0, 0.05) is 32.6 Å². The van der Waals surface area contributed by atoms with E-state index in [4.69, 9.17) is 0 Å². The zero-order chi connectivity index (χ0) is 17.2. The lowest BCUT2D eigenvalue weighted by molar-refractivity contribution is -0.121. The second-order valence-electron chi connectivity index (χ2n) is 5.69. The fraction of sp³-hybridized carbons (Fsp3) is 0.529. The molecule has 1 aromatic carbocycles. The largest absolute Gasteiger partial charge is 0.357 e. The lowest BCUT2D eigenvalue weighted by Gasteiger charge is -2.22. The SMILES string of the molecule is CCNC(=NCCC(=O)NC(C)C)N(C)Cc1cccc(F)c1. The minimum Gasteiger partial charge on any atom is -0.357 e. The third kappa shape index (κ3) is 7.63. The Hall–Kier alpha value is -2.11. The van der Waals surface area contributed by atoms with Crippen molar-refractivity contribution in [2.24, 2.45) is 4.99 Å². The number of hydrogen-bond donors (Lipinski definition) is 2. The monoisotopic (exact) mass is 322 g/mol. The van der Waals surface area contributed by atoms with Crippen molar-refractivity contribution in [1.29, 1.82) is 0 Å². The minimum atomic E-state index is -0.247. The van der Waals surface area contributed by atoms with Crippen molar-refractivity contribution in [1.82, 2.24) is 15.5 Å². The lowest BCUT2D eigenvalue weighted by atomic mass is 10.2. The molecule has 0 unspecified atom stereocenters. The fourth-order valence-electron chi connectivity index (χ4n) is 2.11. The Morgan fingerprint density at radius 1 is 1.39 bits per heavy atom. The highest BCUT2D eigenvalue weighted by Gasteiger charge is 2.08. The van der Waals surface area contributed by atoms with Gasteiger partial charge in [-0.05, 0) is 38.5 Å². The van der Waals surface area contributed by atoms with Crippen LogP contribution in [0.15, 0.2) is 29.3 Å². The van der Waals surface area contributed by atoms with Gasteiger partial charge in [-0.1, -0.05) is 12.1 Å². The predicted octanol–water partition coefficient (Wildman–Crippen LogP) is 2.14. The van der Waals surface area contributed by atoms with Gasteiger partial charge in [-0.15, -0.1) is 0 Å². The Bertz CT molecular complexity index is 531. The van der Waals surface area contributed by atoms with Gasteiger partial charge in [0.25, 0.3) is 0 Å². The number of nitrogens with zero attached hydrogens (tertiary/aromatic N) is 2. The van der Waals surface area contributed by atoms with Crippen molar-refractivity contribution in [3.63, 3.8) is 0 Å². The zero-order valence-electron chi connectivity index (χ0n) is 14.4. The number of halogens is 1. The molecule has 0 saturated heterocycles. The van der Waals surface area contributed by atoms with E-state index in [1.807, 2.05) is 38.8 Å². The van der Waals surface area contributed by atoms with Gasteiger partial charge in [-0.25, -0.2) is 4.39 Å². The predicted molar refractivity (Wildman–Crippen MR) is 91.7 cm³/mol. The first-order valence-corrected chi connectivity index (χ1v) is 7.95. The zero-order valence-corrected chi connectivity index (χ0v) is 14.4. The first-order valence-electron chi connectivity index (χ1n) is 7.95. The van der Waals surface area contributed by atoms with Crippen molar-refractivity contribution in [2.45, 2.75) is 39.8 Å². The molecular weight excluding hydrogens is 295 g/mol. The van der Waals surface area contributed by atoms with Crippen molar-refractivity contribution in [3.8, 4) is 0 Å². The number of guanidine groups is 1. The van der Waals surface area contributed by atoms with Crippen LogP contribution in [-0.2, 0) is 11.3 Å². The van der Waals surface area contributed by atoms with Crippen molar-refractivity contribution in [2.75, 3.05) is 20.1 Å². The second kappa shape index (κ2) is 9.82. The Kier molecular flexibility index (Phi) is 8.08. The fourth-order valence-corrected chi connectivity index (χ4v) is 2.11. The normalized spacial score (nSPS) is 11.5. The van der Waals surface area contributed by atoms with Crippen LogP contribution in [-0.4, -0.2) is 42.9 Å². The molecule has 0 aliphatic rings. The Morgan fingerprint density at radius 3 is 2.74 bits per heavy atom. The summed E-state index contributed by atoms with van der Waals surface area (Å²) in [5, 5.41) is 6.02. The quantitative estimate of drug-likeness (QED) is 0.597. The van der Waals surface area contributed by atoms with Crippen LogP contribution in [0.25, 0.3) is 0 Å². The van der Waals surface area contributed by atoms with E-state index in [1.165, 1.54) is 12.1 Å². The van der Waals surface area contributed by atoms with E-state index in [-0.39, 0.29) is 17.8 Å². The van der Waals surface area contributed by atoms with E-state index < -0.39 is 0 Å². The number of carbonyl (C=O) groups is 1. The van der Waals surface area contributed by atoms with E-state index in [2.05, 4.69) is 15.6 Å².